The number of hydrogen-bond acceptors (Lipinski definition) is 6. The number of nitrogen functional groups attached to an aromatic ring is 1. The first-order chi connectivity index (χ1) is 14.7. The molecule has 0 atom stereocenters. The van der Waals surface area contributed by atoms with Crippen molar-refractivity contribution >= 4 is 17.8 Å². The Balaban J connectivity index is 2.14. The van der Waals surface area contributed by atoms with Crippen LogP contribution in [0.15, 0.2) is 47.3 Å². The van der Waals surface area contributed by atoms with Crippen molar-refractivity contribution in [3.8, 4) is 22.6 Å². The number of rotatable bonds is 7. The molecular formula is C22H20N2O7. The van der Waals surface area contributed by atoms with E-state index < -0.39 is 34.4 Å². The molecule has 0 fully saturated rings. The number of hydrogen-bond donors (Lipinski definition) is 4. The third kappa shape index (κ3) is 4.35. The van der Waals surface area contributed by atoms with Crippen LogP contribution in [0.4, 0.5) is 5.82 Å². The Hall–Kier alpha value is -4.27. The van der Waals surface area contributed by atoms with Gasteiger partial charge in [0.2, 0.25) is 0 Å². The second kappa shape index (κ2) is 8.62. The number of aromatic carboxylic acids is 2. The first-order valence-electron chi connectivity index (χ1n) is 9.12. The zero-order valence-electron chi connectivity index (χ0n) is 16.8. The molecule has 0 aliphatic heterocycles. The Kier molecular flexibility index (Phi) is 5.96. The maximum atomic E-state index is 12.2. The Morgan fingerprint density at radius 2 is 1.65 bits per heavy atom. The lowest BCUT2D eigenvalue weighted by atomic mass is 9.95. The van der Waals surface area contributed by atoms with Crippen LogP contribution in [0.3, 0.4) is 0 Å². The van der Waals surface area contributed by atoms with Crippen LogP contribution < -0.4 is 20.8 Å². The summed E-state index contributed by atoms with van der Waals surface area (Å²) in [5, 5.41) is 19.1. The second-order valence-corrected chi connectivity index (χ2v) is 6.74. The number of carboxylic acid groups (broad SMARTS) is 2. The monoisotopic (exact) mass is 424 g/mol. The van der Waals surface area contributed by atoms with E-state index in [2.05, 4.69) is 4.98 Å². The molecule has 0 amide bonds. The van der Waals surface area contributed by atoms with E-state index in [1.165, 1.54) is 25.3 Å². The van der Waals surface area contributed by atoms with E-state index in [0.29, 0.717) is 5.75 Å². The van der Waals surface area contributed by atoms with Gasteiger partial charge in [0.05, 0.1) is 7.11 Å². The van der Waals surface area contributed by atoms with Crippen molar-refractivity contribution in [3.05, 3.63) is 75.1 Å². The highest BCUT2D eigenvalue weighted by Crippen LogP contribution is 2.36. The van der Waals surface area contributed by atoms with Crippen LogP contribution >= 0.6 is 0 Å². The van der Waals surface area contributed by atoms with Gasteiger partial charge in [-0.1, -0.05) is 35.9 Å². The summed E-state index contributed by atoms with van der Waals surface area (Å²) in [5.74, 6) is -2.93. The second-order valence-electron chi connectivity index (χ2n) is 6.74. The number of aromatic nitrogens is 1. The normalized spacial score (nSPS) is 10.5. The van der Waals surface area contributed by atoms with Crippen LogP contribution in [0.25, 0.3) is 11.1 Å². The van der Waals surface area contributed by atoms with Crippen molar-refractivity contribution in [1.82, 2.24) is 4.98 Å². The molecule has 3 aromatic rings. The van der Waals surface area contributed by atoms with Gasteiger partial charge >= 0.3 is 11.9 Å². The van der Waals surface area contributed by atoms with Gasteiger partial charge in [-0.25, -0.2) is 9.59 Å². The highest BCUT2D eigenvalue weighted by atomic mass is 16.5. The molecule has 0 unspecified atom stereocenters. The fourth-order valence-electron chi connectivity index (χ4n) is 3.13. The summed E-state index contributed by atoms with van der Waals surface area (Å²) in [5.41, 5.74) is 5.21. The van der Waals surface area contributed by atoms with Crippen molar-refractivity contribution in [1.29, 1.82) is 0 Å². The number of nitrogens with one attached hydrogen (secondary N) is 1. The topological polar surface area (TPSA) is 152 Å². The molecule has 5 N–H and O–H groups in total. The standard InChI is InChI=1S/C22H20N2O7/c1-11-3-5-12(6-4-11)10-31-15-9-13(7-8-14(15)30-2)16-17(21(26)27)19(23)24-20(25)18(16)22(28)29/h3-9H,10H2,1-2H3,(H,26,27)(H,28,29)(H3,23,24,25). The maximum absolute atomic E-state index is 12.2. The van der Waals surface area contributed by atoms with Gasteiger partial charge in [-0.15, -0.1) is 0 Å². The molecule has 1 aromatic heterocycles. The number of ether oxygens (including phenoxy) is 2. The highest BCUT2D eigenvalue weighted by molar-refractivity contribution is 6.07. The fourth-order valence-corrected chi connectivity index (χ4v) is 3.13. The van der Waals surface area contributed by atoms with Crippen molar-refractivity contribution in [2.75, 3.05) is 12.8 Å². The van der Waals surface area contributed by atoms with E-state index in [4.69, 9.17) is 15.2 Å². The largest absolute Gasteiger partial charge is 0.493 e. The predicted molar refractivity (Wildman–Crippen MR) is 113 cm³/mol. The van der Waals surface area contributed by atoms with Gasteiger partial charge in [0.1, 0.15) is 23.6 Å². The molecule has 9 nitrogen and oxygen atoms in total. The van der Waals surface area contributed by atoms with Crippen molar-refractivity contribution < 1.29 is 29.3 Å². The molecule has 0 bridgehead atoms. The van der Waals surface area contributed by atoms with E-state index in [1.54, 1.807) is 0 Å². The number of benzene rings is 2. The molecule has 3 rings (SSSR count). The Bertz CT molecular complexity index is 1210. The van der Waals surface area contributed by atoms with Gasteiger partial charge < -0.3 is 30.4 Å². The Morgan fingerprint density at radius 3 is 2.23 bits per heavy atom. The summed E-state index contributed by atoms with van der Waals surface area (Å²) < 4.78 is 11.1. The number of H-pyrrole nitrogens is 1. The molecule has 0 aliphatic rings. The Morgan fingerprint density at radius 1 is 1.00 bits per heavy atom. The SMILES string of the molecule is COc1ccc(-c2c(C(=O)O)c(N)[nH]c(=O)c2C(=O)O)cc1OCc1ccc(C)cc1. The molecule has 160 valence electrons. The third-order valence-corrected chi connectivity index (χ3v) is 4.64. The molecule has 0 aliphatic carbocycles. The molecule has 2 aromatic carbocycles. The number of anilines is 1. The molecule has 0 spiro atoms. The van der Waals surface area contributed by atoms with Crippen LogP contribution in [-0.4, -0.2) is 34.2 Å². The number of pyridine rings is 1. The van der Waals surface area contributed by atoms with Crippen LogP contribution in [0.2, 0.25) is 0 Å². The highest BCUT2D eigenvalue weighted by Gasteiger charge is 2.27. The van der Waals surface area contributed by atoms with E-state index in [9.17, 15) is 24.6 Å². The molecule has 31 heavy (non-hydrogen) atoms. The van der Waals surface area contributed by atoms with Crippen LogP contribution in [0, 0.1) is 6.92 Å². The van der Waals surface area contributed by atoms with Gasteiger partial charge in [-0.3, -0.25) is 4.79 Å². The quantitative estimate of drug-likeness (QED) is 0.452. The molecule has 1 heterocycles. The van der Waals surface area contributed by atoms with Gasteiger partial charge in [0.15, 0.2) is 11.5 Å². The predicted octanol–water partition coefficient (Wildman–Crippen LogP) is 2.92. The molecular weight excluding hydrogens is 404 g/mol. The van der Waals surface area contributed by atoms with Crippen molar-refractivity contribution in [2.24, 2.45) is 0 Å². The van der Waals surface area contributed by atoms with Gasteiger partial charge in [0, 0.05) is 5.56 Å². The van der Waals surface area contributed by atoms with Gasteiger partial charge in [-0.2, -0.15) is 0 Å². The number of aryl methyl sites for hydroxylation is 1. The van der Waals surface area contributed by atoms with Gasteiger partial charge in [0.25, 0.3) is 5.56 Å². The van der Waals surface area contributed by atoms with Gasteiger partial charge in [-0.05, 0) is 30.2 Å². The number of aromatic amines is 1. The average Bonchev–Trinajstić information content (AvgIpc) is 2.71. The zero-order chi connectivity index (χ0) is 22.7. The van der Waals surface area contributed by atoms with E-state index in [1.807, 2.05) is 31.2 Å². The lowest BCUT2D eigenvalue weighted by molar-refractivity contribution is 0.0695. The summed E-state index contributed by atoms with van der Waals surface area (Å²) in [6.45, 7) is 2.15. The minimum absolute atomic E-state index is 0.132. The first-order valence-corrected chi connectivity index (χ1v) is 9.12. The van der Waals surface area contributed by atoms with Crippen LogP contribution in [-0.2, 0) is 6.61 Å². The lowest BCUT2D eigenvalue weighted by Gasteiger charge is -2.15. The van der Waals surface area contributed by atoms with E-state index in [0.717, 1.165) is 11.1 Å². The summed E-state index contributed by atoms with van der Waals surface area (Å²) in [7, 11) is 1.43. The maximum Gasteiger partial charge on any atom is 0.342 e. The van der Waals surface area contributed by atoms with E-state index >= 15 is 0 Å². The van der Waals surface area contributed by atoms with Crippen molar-refractivity contribution in [3.63, 3.8) is 0 Å². The molecule has 0 radical (unpaired) electrons. The number of methoxy groups -OCH3 is 1. The molecule has 0 saturated heterocycles. The minimum Gasteiger partial charge on any atom is -0.493 e. The van der Waals surface area contributed by atoms with Crippen LogP contribution in [0.1, 0.15) is 31.8 Å². The Labute approximate surface area is 176 Å². The van der Waals surface area contributed by atoms with Crippen LogP contribution in [0.5, 0.6) is 11.5 Å². The summed E-state index contributed by atoms with van der Waals surface area (Å²) in [4.78, 5) is 37.8. The summed E-state index contributed by atoms with van der Waals surface area (Å²) in [6.07, 6.45) is 0. The number of carboxylic acids is 2. The molecule has 9 heteroatoms. The molecule has 0 saturated carbocycles. The first kappa shape index (κ1) is 21.4. The lowest BCUT2D eigenvalue weighted by Crippen LogP contribution is -2.24. The third-order valence-electron chi connectivity index (χ3n) is 4.64. The zero-order valence-corrected chi connectivity index (χ0v) is 16.8. The number of nitrogens with two attached hydrogens (primary N) is 1. The fraction of sp³-hybridized carbons (Fsp3) is 0.136. The van der Waals surface area contributed by atoms with E-state index in [-0.39, 0.29) is 23.5 Å². The minimum atomic E-state index is -1.59. The smallest absolute Gasteiger partial charge is 0.342 e. The van der Waals surface area contributed by atoms with Crippen molar-refractivity contribution in [2.45, 2.75) is 13.5 Å². The summed E-state index contributed by atoms with van der Waals surface area (Å²) >= 11 is 0. The summed E-state index contributed by atoms with van der Waals surface area (Å²) in [6, 6.07) is 12.0. The number of carbonyl (C=O) groups is 2. The average molecular weight is 424 g/mol.